The molecule has 1 aliphatic rings. The first-order valence-electron chi connectivity index (χ1n) is 7.41. The lowest BCUT2D eigenvalue weighted by atomic mass is 10.0. The molecule has 0 saturated carbocycles. The number of hydrogen-bond acceptors (Lipinski definition) is 5. The van der Waals surface area contributed by atoms with E-state index < -0.39 is 0 Å². The van der Waals surface area contributed by atoms with E-state index in [2.05, 4.69) is 16.1 Å². The summed E-state index contributed by atoms with van der Waals surface area (Å²) >= 11 is 0. The van der Waals surface area contributed by atoms with Gasteiger partial charge in [-0.05, 0) is 48.9 Å². The van der Waals surface area contributed by atoms with Gasteiger partial charge in [-0.25, -0.2) is 0 Å². The Morgan fingerprint density at radius 3 is 2.73 bits per heavy atom. The van der Waals surface area contributed by atoms with Crippen molar-refractivity contribution in [3.05, 3.63) is 54.4 Å². The van der Waals surface area contributed by atoms with E-state index in [1.807, 2.05) is 36.5 Å². The van der Waals surface area contributed by atoms with Gasteiger partial charge in [-0.3, -0.25) is 9.99 Å². The third-order valence-electron chi connectivity index (χ3n) is 3.81. The van der Waals surface area contributed by atoms with Crippen LogP contribution in [0.4, 0.5) is 5.69 Å². The molecular weight excluding hydrogens is 276 g/mol. The van der Waals surface area contributed by atoms with Gasteiger partial charge >= 0.3 is 0 Å². The molecule has 2 heterocycles. The summed E-state index contributed by atoms with van der Waals surface area (Å²) in [5.74, 6) is 0.840. The lowest BCUT2D eigenvalue weighted by molar-refractivity contribution is 0.415. The summed E-state index contributed by atoms with van der Waals surface area (Å²) in [5.41, 5.74) is 9.02. The van der Waals surface area contributed by atoms with Gasteiger partial charge in [0.15, 0.2) is 0 Å². The minimum Gasteiger partial charge on any atom is -0.497 e. The highest BCUT2D eigenvalue weighted by molar-refractivity contribution is 5.89. The van der Waals surface area contributed by atoms with Crippen LogP contribution in [-0.4, -0.2) is 24.4 Å². The van der Waals surface area contributed by atoms with E-state index in [9.17, 15) is 0 Å². The van der Waals surface area contributed by atoms with Crippen LogP contribution < -0.4 is 15.5 Å². The number of pyridine rings is 1. The number of anilines is 1. The maximum Gasteiger partial charge on any atom is 0.119 e. The van der Waals surface area contributed by atoms with Crippen molar-refractivity contribution < 1.29 is 4.74 Å². The normalized spacial score (nSPS) is 17.5. The lowest BCUT2D eigenvalue weighted by Crippen LogP contribution is -2.18. The summed E-state index contributed by atoms with van der Waals surface area (Å²) in [6.07, 6.45) is 5.40. The molecule has 0 spiro atoms. The van der Waals surface area contributed by atoms with Gasteiger partial charge in [0.05, 0.1) is 18.8 Å². The van der Waals surface area contributed by atoms with Gasteiger partial charge in [0, 0.05) is 24.5 Å². The molecule has 5 nitrogen and oxygen atoms in total. The molecule has 1 aromatic heterocycles. The molecule has 5 heteroatoms. The van der Waals surface area contributed by atoms with Crippen LogP contribution in [0.25, 0.3) is 0 Å². The van der Waals surface area contributed by atoms with Crippen molar-refractivity contribution in [3.8, 4) is 5.75 Å². The van der Waals surface area contributed by atoms with E-state index in [1.165, 1.54) is 0 Å². The number of rotatable bonds is 5. The van der Waals surface area contributed by atoms with Gasteiger partial charge in [0.2, 0.25) is 0 Å². The number of hydrogen-bond donors (Lipinski definition) is 1. The van der Waals surface area contributed by atoms with Crippen LogP contribution >= 0.6 is 0 Å². The van der Waals surface area contributed by atoms with Gasteiger partial charge in [0.1, 0.15) is 5.75 Å². The second kappa shape index (κ2) is 6.58. The highest BCUT2D eigenvalue weighted by Gasteiger charge is 2.28. The summed E-state index contributed by atoms with van der Waals surface area (Å²) in [4.78, 5) is 4.23. The zero-order valence-electron chi connectivity index (χ0n) is 12.6. The third kappa shape index (κ3) is 2.94. The van der Waals surface area contributed by atoms with Crippen molar-refractivity contribution in [2.75, 3.05) is 18.7 Å². The molecule has 0 fully saturated rings. The lowest BCUT2D eigenvalue weighted by Gasteiger charge is -2.23. The maximum absolute atomic E-state index is 5.69. The standard InChI is InChI=1S/C17H20N4O/c1-22-16-6-4-15(5-7-16)21-17(11-14(20-21)8-9-18)13-3-2-10-19-12-13/h2-7,10,12,17H,8-9,11,18H2,1H3. The first kappa shape index (κ1) is 14.5. The second-order valence-electron chi connectivity index (χ2n) is 5.25. The van der Waals surface area contributed by atoms with E-state index in [0.29, 0.717) is 6.54 Å². The van der Waals surface area contributed by atoms with Gasteiger partial charge in [-0.1, -0.05) is 6.07 Å². The van der Waals surface area contributed by atoms with Crippen molar-refractivity contribution in [1.82, 2.24) is 4.98 Å². The van der Waals surface area contributed by atoms with Crippen molar-refractivity contribution in [3.63, 3.8) is 0 Å². The fourth-order valence-electron chi connectivity index (χ4n) is 2.70. The Labute approximate surface area is 130 Å². The summed E-state index contributed by atoms with van der Waals surface area (Å²) in [6, 6.07) is 12.2. The number of ether oxygens (including phenoxy) is 1. The van der Waals surface area contributed by atoms with Crippen molar-refractivity contribution in [2.45, 2.75) is 18.9 Å². The van der Waals surface area contributed by atoms with Gasteiger partial charge in [0.25, 0.3) is 0 Å². The zero-order valence-corrected chi connectivity index (χ0v) is 12.6. The summed E-state index contributed by atoms with van der Waals surface area (Å²) in [6.45, 7) is 0.620. The molecule has 0 aliphatic carbocycles. The van der Waals surface area contributed by atoms with Gasteiger partial charge in [-0.15, -0.1) is 0 Å². The fourth-order valence-corrected chi connectivity index (χ4v) is 2.70. The molecule has 1 atom stereocenters. The Kier molecular flexibility index (Phi) is 4.34. The maximum atomic E-state index is 5.69. The van der Waals surface area contributed by atoms with Crippen LogP contribution in [0.1, 0.15) is 24.4 Å². The number of hydrazone groups is 1. The molecule has 0 saturated heterocycles. The van der Waals surface area contributed by atoms with Crippen molar-refractivity contribution >= 4 is 11.4 Å². The molecule has 0 radical (unpaired) electrons. The zero-order chi connectivity index (χ0) is 15.4. The van der Waals surface area contributed by atoms with E-state index in [-0.39, 0.29) is 6.04 Å². The SMILES string of the molecule is COc1ccc(N2N=C(CCN)CC2c2cccnc2)cc1. The Morgan fingerprint density at radius 1 is 1.27 bits per heavy atom. The Balaban J connectivity index is 1.92. The van der Waals surface area contributed by atoms with Crippen LogP contribution in [0.5, 0.6) is 5.75 Å². The molecule has 114 valence electrons. The van der Waals surface area contributed by atoms with Crippen LogP contribution in [0.2, 0.25) is 0 Å². The van der Waals surface area contributed by atoms with Gasteiger partial charge in [-0.2, -0.15) is 5.10 Å². The summed E-state index contributed by atoms with van der Waals surface area (Å²) in [5, 5.41) is 6.82. The fraction of sp³-hybridized carbons (Fsp3) is 0.294. The Bertz CT molecular complexity index is 639. The molecule has 3 rings (SSSR count). The quantitative estimate of drug-likeness (QED) is 0.921. The first-order chi connectivity index (χ1) is 10.8. The number of methoxy groups -OCH3 is 1. The van der Waals surface area contributed by atoms with Crippen LogP contribution in [-0.2, 0) is 0 Å². The average molecular weight is 296 g/mol. The second-order valence-corrected chi connectivity index (χ2v) is 5.25. The molecule has 1 aliphatic heterocycles. The number of benzene rings is 1. The van der Waals surface area contributed by atoms with Gasteiger partial charge < -0.3 is 10.5 Å². The molecular formula is C17H20N4O. The molecule has 2 aromatic rings. The summed E-state index contributed by atoms with van der Waals surface area (Å²) < 4.78 is 5.22. The van der Waals surface area contributed by atoms with Crippen LogP contribution in [0.3, 0.4) is 0 Å². The molecule has 22 heavy (non-hydrogen) atoms. The Morgan fingerprint density at radius 2 is 2.09 bits per heavy atom. The van der Waals surface area contributed by atoms with Crippen molar-refractivity contribution in [2.24, 2.45) is 10.8 Å². The molecule has 2 N–H and O–H groups in total. The minimum absolute atomic E-state index is 0.170. The van der Waals surface area contributed by atoms with Crippen LogP contribution in [0, 0.1) is 0 Å². The predicted molar refractivity (Wildman–Crippen MR) is 88.2 cm³/mol. The number of nitrogens with two attached hydrogens (primary N) is 1. The average Bonchev–Trinajstić information content (AvgIpc) is 3.00. The number of aromatic nitrogens is 1. The van der Waals surface area contributed by atoms with E-state index in [1.54, 1.807) is 13.3 Å². The molecule has 0 bridgehead atoms. The topological polar surface area (TPSA) is 63.7 Å². The molecule has 1 aromatic carbocycles. The van der Waals surface area contributed by atoms with Crippen LogP contribution in [0.15, 0.2) is 53.9 Å². The minimum atomic E-state index is 0.170. The highest BCUT2D eigenvalue weighted by atomic mass is 16.5. The third-order valence-corrected chi connectivity index (χ3v) is 3.81. The monoisotopic (exact) mass is 296 g/mol. The number of nitrogens with zero attached hydrogens (tertiary/aromatic N) is 3. The van der Waals surface area contributed by atoms with E-state index in [4.69, 9.17) is 15.6 Å². The van der Waals surface area contributed by atoms with E-state index >= 15 is 0 Å². The molecule has 0 amide bonds. The summed E-state index contributed by atoms with van der Waals surface area (Å²) in [7, 11) is 1.67. The highest BCUT2D eigenvalue weighted by Crippen LogP contribution is 2.35. The predicted octanol–water partition coefficient (Wildman–Crippen LogP) is 2.75. The van der Waals surface area contributed by atoms with Crippen molar-refractivity contribution in [1.29, 1.82) is 0 Å². The molecule has 1 unspecified atom stereocenters. The first-order valence-corrected chi connectivity index (χ1v) is 7.41. The smallest absolute Gasteiger partial charge is 0.119 e. The van der Waals surface area contributed by atoms with E-state index in [0.717, 1.165) is 35.6 Å². The largest absolute Gasteiger partial charge is 0.497 e. The Hall–Kier alpha value is -2.40.